The number of nitrogen functional groups attached to an aromatic ring is 1. The fourth-order valence-electron chi connectivity index (χ4n) is 1.91. The number of carbonyl (C=O) groups is 1. The van der Waals surface area contributed by atoms with E-state index >= 15 is 0 Å². The average Bonchev–Trinajstić information content (AvgIpc) is 2.67. The maximum absolute atomic E-state index is 11.9. The van der Waals surface area contributed by atoms with Crippen LogP contribution in [-0.4, -0.2) is 60.0 Å². The number of ether oxygens (including phenoxy) is 1. The maximum atomic E-state index is 11.9. The van der Waals surface area contributed by atoms with Crippen molar-refractivity contribution in [3.63, 3.8) is 0 Å². The predicted molar refractivity (Wildman–Crippen MR) is 67.2 cm³/mol. The molecule has 0 bridgehead atoms. The lowest BCUT2D eigenvalue weighted by Gasteiger charge is -2.30. The molecule has 1 aliphatic rings. The van der Waals surface area contributed by atoms with E-state index in [1.807, 2.05) is 7.05 Å². The highest BCUT2D eigenvalue weighted by Gasteiger charge is 2.20. The molecule has 3 N–H and O–H groups in total. The number of nitrogens with two attached hydrogens (primary N) is 1. The van der Waals surface area contributed by atoms with Gasteiger partial charge < -0.3 is 20.7 Å². The Kier molecular flexibility index (Phi) is 3.83. The van der Waals surface area contributed by atoms with Gasteiger partial charge in [0.15, 0.2) is 0 Å². The molecule has 1 aromatic rings. The van der Waals surface area contributed by atoms with E-state index in [0.29, 0.717) is 24.5 Å². The highest BCUT2D eigenvalue weighted by molar-refractivity contribution is 5.98. The molecule has 7 heteroatoms. The molecule has 0 spiro atoms. The summed E-state index contributed by atoms with van der Waals surface area (Å²) in [6.07, 6.45) is 1.50. The third-order valence-electron chi connectivity index (χ3n) is 3.06. The number of likely N-dealkylation sites (N-methyl/N-ethyl adjacent to an activating group) is 1. The summed E-state index contributed by atoms with van der Waals surface area (Å²) < 4.78 is 7.03. The lowest BCUT2D eigenvalue weighted by atomic mass is 10.2. The number of aromatic nitrogens is 2. The summed E-state index contributed by atoms with van der Waals surface area (Å²) in [6.45, 7) is 2.94. The van der Waals surface area contributed by atoms with Gasteiger partial charge in [-0.3, -0.25) is 9.48 Å². The summed E-state index contributed by atoms with van der Waals surface area (Å²) in [7, 11) is 3.74. The van der Waals surface area contributed by atoms with Crippen molar-refractivity contribution in [3.05, 3.63) is 11.8 Å². The van der Waals surface area contributed by atoms with Crippen LogP contribution in [-0.2, 0) is 11.8 Å². The number of carbonyl (C=O) groups excluding carboxylic acids is 1. The zero-order chi connectivity index (χ0) is 13.1. The van der Waals surface area contributed by atoms with Gasteiger partial charge in [0.2, 0.25) is 0 Å². The van der Waals surface area contributed by atoms with Crippen molar-refractivity contribution in [1.82, 2.24) is 20.0 Å². The highest BCUT2D eigenvalue weighted by atomic mass is 16.5. The summed E-state index contributed by atoms with van der Waals surface area (Å²) in [6, 6.07) is 0. The molecule has 2 heterocycles. The van der Waals surface area contributed by atoms with E-state index < -0.39 is 0 Å². The smallest absolute Gasteiger partial charge is 0.256 e. The first-order chi connectivity index (χ1) is 8.58. The molecule has 18 heavy (non-hydrogen) atoms. The van der Waals surface area contributed by atoms with Crippen molar-refractivity contribution in [2.45, 2.75) is 6.10 Å². The molecule has 1 atom stereocenters. The SMILES string of the molecule is CN1CCOC(CNC(=O)c2cnn(C)c2N)C1. The Bertz CT molecular complexity index is 431. The fraction of sp³-hybridized carbons (Fsp3) is 0.636. The average molecular weight is 253 g/mol. The van der Waals surface area contributed by atoms with Crippen LogP contribution < -0.4 is 11.1 Å². The lowest BCUT2D eigenvalue weighted by Crippen LogP contribution is -2.45. The van der Waals surface area contributed by atoms with E-state index in [-0.39, 0.29) is 12.0 Å². The van der Waals surface area contributed by atoms with Gasteiger partial charge in [0.25, 0.3) is 5.91 Å². The van der Waals surface area contributed by atoms with Crippen molar-refractivity contribution in [1.29, 1.82) is 0 Å². The van der Waals surface area contributed by atoms with Gasteiger partial charge in [-0.05, 0) is 7.05 Å². The third-order valence-corrected chi connectivity index (χ3v) is 3.06. The Morgan fingerprint density at radius 1 is 1.67 bits per heavy atom. The van der Waals surface area contributed by atoms with Gasteiger partial charge in [0.05, 0.1) is 18.9 Å². The molecule has 1 aliphatic heterocycles. The number of hydrogen-bond donors (Lipinski definition) is 2. The topological polar surface area (TPSA) is 85.4 Å². The number of nitrogens with one attached hydrogen (secondary N) is 1. The van der Waals surface area contributed by atoms with Crippen molar-refractivity contribution in [2.24, 2.45) is 7.05 Å². The van der Waals surface area contributed by atoms with Gasteiger partial charge >= 0.3 is 0 Å². The Morgan fingerprint density at radius 2 is 2.44 bits per heavy atom. The first-order valence-electron chi connectivity index (χ1n) is 5.93. The number of amides is 1. The minimum atomic E-state index is -0.211. The van der Waals surface area contributed by atoms with Crippen molar-refractivity contribution >= 4 is 11.7 Å². The molecule has 7 nitrogen and oxygen atoms in total. The number of morpholine rings is 1. The van der Waals surface area contributed by atoms with Gasteiger partial charge in [0, 0.05) is 26.7 Å². The quantitative estimate of drug-likeness (QED) is 0.726. The number of aryl methyl sites for hydroxylation is 1. The van der Waals surface area contributed by atoms with Crippen LogP contribution in [0.5, 0.6) is 0 Å². The summed E-state index contributed by atoms with van der Waals surface area (Å²) in [5.41, 5.74) is 6.14. The van der Waals surface area contributed by atoms with Crippen molar-refractivity contribution in [3.8, 4) is 0 Å². The normalized spacial score (nSPS) is 20.9. The number of hydrogen-bond acceptors (Lipinski definition) is 5. The Hall–Kier alpha value is -1.60. The van der Waals surface area contributed by atoms with Crippen LogP contribution in [0.3, 0.4) is 0 Å². The first-order valence-corrected chi connectivity index (χ1v) is 5.93. The Balaban J connectivity index is 1.86. The second-order valence-corrected chi connectivity index (χ2v) is 4.53. The van der Waals surface area contributed by atoms with E-state index in [0.717, 1.165) is 13.1 Å². The summed E-state index contributed by atoms with van der Waals surface area (Å²) in [4.78, 5) is 14.1. The third kappa shape index (κ3) is 2.80. The second-order valence-electron chi connectivity index (χ2n) is 4.53. The van der Waals surface area contributed by atoms with Gasteiger partial charge in [0.1, 0.15) is 11.4 Å². The number of anilines is 1. The molecule has 1 saturated heterocycles. The Labute approximate surface area is 106 Å². The van der Waals surface area contributed by atoms with E-state index in [1.54, 1.807) is 7.05 Å². The predicted octanol–water partition coefficient (Wildman–Crippen LogP) is -0.937. The summed E-state index contributed by atoms with van der Waals surface area (Å²) in [5, 5.41) is 6.75. The first kappa shape index (κ1) is 12.8. The van der Waals surface area contributed by atoms with Crippen LogP contribution in [0.15, 0.2) is 6.20 Å². The molecule has 0 aliphatic carbocycles. The standard InChI is InChI=1S/C11H19N5O2/c1-15-3-4-18-8(7-15)5-13-11(17)9-6-14-16(2)10(9)12/h6,8H,3-5,7,12H2,1-2H3,(H,13,17). The van der Waals surface area contributed by atoms with E-state index in [4.69, 9.17) is 10.5 Å². The Morgan fingerprint density at radius 3 is 3.06 bits per heavy atom. The maximum Gasteiger partial charge on any atom is 0.256 e. The molecule has 2 rings (SSSR count). The second kappa shape index (κ2) is 5.36. The van der Waals surface area contributed by atoms with Gasteiger partial charge in [-0.15, -0.1) is 0 Å². The van der Waals surface area contributed by atoms with Gasteiger partial charge in [-0.1, -0.05) is 0 Å². The summed E-state index contributed by atoms with van der Waals surface area (Å²) in [5.74, 6) is 0.159. The monoisotopic (exact) mass is 253 g/mol. The number of rotatable bonds is 3. The van der Waals surface area contributed by atoms with Crippen LogP contribution in [0.25, 0.3) is 0 Å². The molecule has 0 radical (unpaired) electrons. The highest BCUT2D eigenvalue weighted by Crippen LogP contribution is 2.09. The van der Waals surface area contributed by atoms with E-state index in [1.165, 1.54) is 10.9 Å². The van der Waals surface area contributed by atoms with Crippen LogP contribution in [0.4, 0.5) is 5.82 Å². The molecule has 0 aromatic carbocycles. The van der Waals surface area contributed by atoms with Crippen LogP contribution in [0.1, 0.15) is 10.4 Å². The molecule has 1 aromatic heterocycles. The van der Waals surface area contributed by atoms with Crippen LogP contribution >= 0.6 is 0 Å². The van der Waals surface area contributed by atoms with Crippen LogP contribution in [0.2, 0.25) is 0 Å². The summed E-state index contributed by atoms with van der Waals surface area (Å²) >= 11 is 0. The van der Waals surface area contributed by atoms with Gasteiger partial charge in [-0.25, -0.2) is 0 Å². The molecule has 1 fully saturated rings. The zero-order valence-electron chi connectivity index (χ0n) is 10.7. The lowest BCUT2D eigenvalue weighted by molar-refractivity contribution is -0.0174. The van der Waals surface area contributed by atoms with Crippen LogP contribution in [0, 0.1) is 0 Å². The van der Waals surface area contributed by atoms with Crippen molar-refractivity contribution in [2.75, 3.05) is 39.0 Å². The number of nitrogens with zero attached hydrogens (tertiary/aromatic N) is 3. The molecule has 0 saturated carbocycles. The molecule has 100 valence electrons. The molecular formula is C11H19N5O2. The zero-order valence-corrected chi connectivity index (χ0v) is 10.7. The van der Waals surface area contributed by atoms with Gasteiger partial charge in [-0.2, -0.15) is 5.10 Å². The molecular weight excluding hydrogens is 234 g/mol. The van der Waals surface area contributed by atoms with Crippen molar-refractivity contribution < 1.29 is 9.53 Å². The largest absolute Gasteiger partial charge is 0.383 e. The van der Waals surface area contributed by atoms with E-state index in [9.17, 15) is 4.79 Å². The fourth-order valence-corrected chi connectivity index (χ4v) is 1.91. The van der Waals surface area contributed by atoms with E-state index in [2.05, 4.69) is 15.3 Å². The minimum Gasteiger partial charge on any atom is -0.383 e. The molecule has 1 amide bonds. The molecule has 1 unspecified atom stereocenters. The minimum absolute atomic E-state index is 0.0330.